The van der Waals surface area contributed by atoms with Crippen LogP contribution in [-0.4, -0.2) is 5.52 Å². The molecule has 0 fully saturated rings. The van der Waals surface area contributed by atoms with Crippen LogP contribution in [-0.2, 0) is 11.0 Å². The van der Waals surface area contributed by atoms with Crippen LogP contribution in [0.3, 0.4) is 0 Å². The molecule has 3 rings (SSSR count). The molecule has 0 amide bonds. The Bertz CT molecular complexity index is 674. The molecule has 1 aliphatic rings. The predicted octanol–water partition coefficient (Wildman–Crippen LogP) is 3.52. The van der Waals surface area contributed by atoms with E-state index in [2.05, 4.69) is 0 Å². The second-order valence-electron chi connectivity index (χ2n) is 4.31. The molecule has 0 aromatic heterocycles. The molecule has 0 saturated carbocycles. The fourth-order valence-corrected chi connectivity index (χ4v) is 3.97. The summed E-state index contributed by atoms with van der Waals surface area (Å²) in [4.78, 5) is 12.2. The Morgan fingerprint density at radius 2 is 1.61 bits per heavy atom. The maximum Gasteiger partial charge on any atom is 0.459 e. The maximum absolute atomic E-state index is 12.4. The van der Waals surface area contributed by atoms with Gasteiger partial charge in [0.25, 0.3) is 0 Å². The van der Waals surface area contributed by atoms with E-state index in [-0.39, 0.29) is 5.52 Å². The van der Waals surface area contributed by atoms with Crippen LogP contribution in [0.4, 0.5) is 0 Å². The number of hydrogen-bond acceptors (Lipinski definition) is 2. The average Bonchev–Trinajstić information content (AvgIpc) is 2.44. The molecule has 1 heterocycles. The van der Waals surface area contributed by atoms with E-state index in [1.807, 2.05) is 43.3 Å². The Morgan fingerprint density at radius 3 is 2.33 bits per heavy atom. The van der Waals surface area contributed by atoms with Gasteiger partial charge in [0.05, 0.1) is 5.56 Å². The van der Waals surface area contributed by atoms with Gasteiger partial charge in [0.2, 0.25) is 5.30 Å². The lowest BCUT2D eigenvalue weighted by Gasteiger charge is -2.12. The third-order valence-corrected chi connectivity index (χ3v) is 4.88. The normalized spacial score (nSPS) is 15.2. The smallest absolute Gasteiger partial charge is 0.234 e. The van der Waals surface area contributed by atoms with Crippen molar-refractivity contribution in [3.05, 3.63) is 53.6 Å². The van der Waals surface area contributed by atoms with Gasteiger partial charge in [0.15, 0.2) is 0 Å². The zero-order valence-electron chi connectivity index (χ0n) is 10.0. The second-order valence-corrected chi connectivity index (χ2v) is 5.75. The lowest BCUT2D eigenvalue weighted by Crippen LogP contribution is -2.18. The van der Waals surface area contributed by atoms with Crippen molar-refractivity contribution in [2.24, 2.45) is 0 Å². The molecule has 0 saturated heterocycles. The lowest BCUT2D eigenvalue weighted by molar-refractivity contribution is 0.108. The maximum atomic E-state index is 12.4. The van der Waals surface area contributed by atoms with Crippen LogP contribution < -0.4 is 5.30 Å². The van der Waals surface area contributed by atoms with Gasteiger partial charge in [-0.05, 0) is 18.6 Å². The van der Waals surface area contributed by atoms with Crippen LogP contribution >= 0.6 is 7.80 Å². The first-order valence-electron chi connectivity index (χ1n) is 5.97. The molecule has 18 heavy (non-hydrogen) atoms. The zero-order chi connectivity index (χ0) is 12.7. The second kappa shape index (κ2) is 4.15. The Hall–Kier alpha value is -1.79. The standard InChI is InChI=1S/C15H12O2P/c1-2-10-6-5-9-12-11-7-3-4-8-13(11)15(16)18(17)14(10)12/h3-9H,2H2,1H3/q+1. The number of hydrogen-bond donors (Lipinski definition) is 0. The molecule has 2 aromatic carbocycles. The molecule has 1 atom stereocenters. The van der Waals surface area contributed by atoms with Gasteiger partial charge < -0.3 is 0 Å². The lowest BCUT2D eigenvalue weighted by atomic mass is 9.97. The number of carbonyl (C=O) groups excluding carboxylic acids is 1. The minimum absolute atomic E-state index is 0.242. The molecule has 1 unspecified atom stereocenters. The minimum atomic E-state index is -1.97. The molecular formula is C15H12O2P+. The summed E-state index contributed by atoms with van der Waals surface area (Å²) < 4.78 is 12.4. The van der Waals surface area contributed by atoms with E-state index in [1.54, 1.807) is 6.07 Å². The van der Waals surface area contributed by atoms with Crippen molar-refractivity contribution in [3.63, 3.8) is 0 Å². The fourth-order valence-electron chi connectivity index (χ4n) is 2.45. The molecule has 0 N–H and O–H groups in total. The van der Waals surface area contributed by atoms with Gasteiger partial charge in [-0.25, -0.2) is 4.79 Å². The average molecular weight is 255 g/mol. The molecule has 3 heteroatoms. The van der Waals surface area contributed by atoms with Crippen LogP contribution in [0.5, 0.6) is 0 Å². The molecule has 0 aliphatic carbocycles. The minimum Gasteiger partial charge on any atom is -0.234 e. The summed E-state index contributed by atoms with van der Waals surface area (Å²) in [7, 11) is -1.97. The highest BCUT2D eigenvalue weighted by Crippen LogP contribution is 2.41. The summed E-state index contributed by atoms with van der Waals surface area (Å²) in [6.45, 7) is 2.02. The zero-order valence-corrected chi connectivity index (χ0v) is 10.9. The summed E-state index contributed by atoms with van der Waals surface area (Å²) >= 11 is 0. The van der Waals surface area contributed by atoms with Gasteiger partial charge in [-0.1, -0.05) is 41.8 Å². The van der Waals surface area contributed by atoms with Crippen molar-refractivity contribution in [3.8, 4) is 11.1 Å². The Labute approximate surface area is 106 Å². The summed E-state index contributed by atoms with van der Waals surface area (Å²) in [6.07, 6.45) is 0.791. The van der Waals surface area contributed by atoms with Gasteiger partial charge in [0, 0.05) is 16.7 Å². The molecular weight excluding hydrogens is 243 g/mol. The molecule has 88 valence electrons. The van der Waals surface area contributed by atoms with E-state index in [1.165, 1.54) is 0 Å². The van der Waals surface area contributed by atoms with E-state index in [0.717, 1.165) is 28.4 Å². The summed E-state index contributed by atoms with van der Waals surface area (Å²) in [6, 6.07) is 13.3. The molecule has 0 radical (unpaired) electrons. The van der Waals surface area contributed by atoms with Gasteiger partial charge in [0.1, 0.15) is 0 Å². The van der Waals surface area contributed by atoms with Gasteiger partial charge in [-0.3, -0.25) is 0 Å². The van der Waals surface area contributed by atoms with Gasteiger partial charge >= 0.3 is 13.3 Å². The van der Waals surface area contributed by atoms with E-state index in [4.69, 9.17) is 0 Å². The molecule has 0 bridgehead atoms. The first-order valence-corrected chi connectivity index (χ1v) is 7.23. The molecule has 0 spiro atoms. The van der Waals surface area contributed by atoms with Crippen LogP contribution in [0.25, 0.3) is 11.1 Å². The molecule has 2 aromatic rings. The van der Waals surface area contributed by atoms with Crippen molar-refractivity contribution in [1.29, 1.82) is 0 Å². The van der Waals surface area contributed by atoms with Crippen molar-refractivity contribution >= 4 is 18.6 Å². The summed E-state index contributed by atoms with van der Waals surface area (Å²) in [5.74, 6) is 0. The van der Waals surface area contributed by atoms with Crippen LogP contribution in [0.15, 0.2) is 42.5 Å². The Kier molecular flexibility index (Phi) is 2.61. The third kappa shape index (κ3) is 1.46. The highest BCUT2D eigenvalue weighted by Gasteiger charge is 2.43. The Balaban J connectivity index is 2.40. The topological polar surface area (TPSA) is 34.1 Å². The van der Waals surface area contributed by atoms with E-state index in [9.17, 15) is 9.36 Å². The van der Waals surface area contributed by atoms with Gasteiger partial charge in [-0.2, -0.15) is 0 Å². The van der Waals surface area contributed by atoms with E-state index < -0.39 is 7.80 Å². The summed E-state index contributed by atoms with van der Waals surface area (Å²) in [5, 5.41) is 0.735. The van der Waals surface area contributed by atoms with Crippen LogP contribution in [0.1, 0.15) is 22.8 Å². The third-order valence-electron chi connectivity index (χ3n) is 3.34. The molecule has 2 nitrogen and oxygen atoms in total. The first kappa shape index (κ1) is 11.3. The number of fused-ring (bicyclic) bond motifs is 3. The highest BCUT2D eigenvalue weighted by molar-refractivity contribution is 7.72. The molecule has 1 aliphatic heterocycles. The van der Waals surface area contributed by atoms with Crippen LogP contribution in [0, 0.1) is 0 Å². The van der Waals surface area contributed by atoms with E-state index >= 15 is 0 Å². The first-order chi connectivity index (χ1) is 8.74. The van der Waals surface area contributed by atoms with E-state index in [0.29, 0.717) is 5.56 Å². The number of aryl methyl sites for hydroxylation is 1. The van der Waals surface area contributed by atoms with Crippen molar-refractivity contribution in [2.75, 3.05) is 0 Å². The largest absolute Gasteiger partial charge is 0.459 e. The fraction of sp³-hybridized carbons (Fsp3) is 0.133. The quantitative estimate of drug-likeness (QED) is 0.730. The SMILES string of the molecule is CCc1cccc2c1[P+](=O)C(=O)c1ccccc1-2. The number of rotatable bonds is 1. The van der Waals surface area contributed by atoms with Crippen molar-refractivity contribution in [1.82, 2.24) is 0 Å². The van der Waals surface area contributed by atoms with Crippen molar-refractivity contribution in [2.45, 2.75) is 13.3 Å². The van der Waals surface area contributed by atoms with Gasteiger partial charge in [-0.15, -0.1) is 0 Å². The summed E-state index contributed by atoms with van der Waals surface area (Å²) in [5.41, 5.74) is 3.21. The monoisotopic (exact) mass is 255 g/mol. The Morgan fingerprint density at radius 1 is 0.944 bits per heavy atom. The number of benzene rings is 2. The number of carbonyl (C=O) groups is 1. The predicted molar refractivity (Wildman–Crippen MR) is 72.8 cm³/mol. The highest BCUT2D eigenvalue weighted by atomic mass is 31.1. The van der Waals surface area contributed by atoms with Crippen LogP contribution in [0.2, 0.25) is 0 Å². The van der Waals surface area contributed by atoms with Crippen molar-refractivity contribution < 1.29 is 9.36 Å².